The summed E-state index contributed by atoms with van der Waals surface area (Å²) < 4.78 is 13.5. The molecule has 0 saturated carbocycles. The minimum Gasteiger partial charge on any atom is -0.311 e. The maximum absolute atomic E-state index is 13.5. The molecule has 5 heteroatoms. The summed E-state index contributed by atoms with van der Waals surface area (Å²) in [5.41, 5.74) is 0.766. The largest absolute Gasteiger partial charge is 0.311 e. The average molecular weight is 231 g/mol. The molecule has 1 aromatic heterocycles. The van der Waals surface area contributed by atoms with Gasteiger partial charge in [-0.25, -0.2) is 14.4 Å². The normalized spacial score (nSPS) is 10.0. The lowest BCUT2D eigenvalue weighted by molar-refractivity contribution is 0.112. The molecule has 0 radical (unpaired) electrons. The zero-order chi connectivity index (χ0) is 12.3. The highest BCUT2D eigenvalue weighted by Crippen LogP contribution is 2.22. The third kappa shape index (κ3) is 2.28. The van der Waals surface area contributed by atoms with Crippen LogP contribution in [0.15, 0.2) is 36.7 Å². The number of rotatable bonds is 3. The van der Waals surface area contributed by atoms with Crippen LogP contribution in [0.25, 0.3) is 0 Å². The lowest BCUT2D eigenvalue weighted by Crippen LogP contribution is -2.14. The fraction of sp³-hybridized carbons (Fsp3) is 0.0833. The van der Waals surface area contributed by atoms with Gasteiger partial charge in [0.15, 0.2) is 6.29 Å². The van der Waals surface area contributed by atoms with E-state index < -0.39 is 0 Å². The standard InChI is InChI=1S/C12H10FN3O/c1-16(11-5-3-2-4-10(11)13)12-14-6-9(8-17)7-15-12/h2-8H,1H3. The Bertz CT molecular complexity index is 528. The number of benzene rings is 1. The van der Waals surface area contributed by atoms with Crippen molar-refractivity contribution < 1.29 is 9.18 Å². The van der Waals surface area contributed by atoms with E-state index in [2.05, 4.69) is 9.97 Å². The number of hydrogen-bond acceptors (Lipinski definition) is 4. The quantitative estimate of drug-likeness (QED) is 0.760. The molecule has 0 spiro atoms. The summed E-state index contributed by atoms with van der Waals surface area (Å²) in [4.78, 5) is 19.9. The van der Waals surface area contributed by atoms with Crippen molar-refractivity contribution in [3.63, 3.8) is 0 Å². The number of carbonyl (C=O) groups excluding carboxylic acids is 1. The first-order valence-corrected chi connectivity index (χ1v) is 4.98. The Labute approximate surface area is 97.7 Å². The van der Waals surface area contributed by atoms with Crippen molar-refractivity contribution in [3.8, 4) is 0 Å². The van der Waals surface area contributed by atoms with Crippen LogP contribution < -0.4 is 4.90 Å². The van der Waals surface area contributed by atoms with Gasteiger partial charge in [-0.3, -0.25) is 4.79 Å². The molecule has 17 heavy (non-hydrogen) atoms. The van der Waals surface area contributed by atoms with E-state index in [-0.39, 0.29) is 5.82 Å². The number of hydrogen-bond donors (Lipinski definition) is 0. The highest BCUT2D eigenvalue weighted by Gasteiger charge is 2.10. The van der Waals surface area contributed by atoms with Crippen LogP contribution in [0.2, 0.25) is 0 Å². The average Bonchev–Trinajstić information content (AvgIpc) is 2.39. The first kappa shape index (κ1) is 11.2. The first-order chi connectivity index (χ1) is 8.22. The zero-order valence-electron chi connectivity index (χ0n) is 9.17. The van der Waals surface area contributed by atoms with Crippen LogP contribution >= 0.6 is 0 Å². The number of anilines is 2. The van der Waals surface area contributed by atoms with E-state index in [9.17, 15) is 9.18 Å². The Hall–Kier alpha value is -2.30. The van der Waals surface area contributed by atoms with Crippen LogP contribution in [0.5, 0.6) is 0 Å². The Morgan fingerprint density at radius 3 is 2.47 bits per heavy atom. The second-order valence-electron chi connectivity index (χ2n) is 3.44. The maximum atomic E-state index is 13.5. The molecule has 0 bridgehead atoms. The van der Waals surface area contributed by atoms with E-state index in [1.54, 1.807) is 25.2 Å². The summed E-state index contributed by atoms with van der Waals surface area (Å²) in [6.45, 7) is 0. The third-order valence-electron chi connectivity index (χ3n) is 2.31. The maximum Gasteiger partial charge on any atom is 0.229 e. The Morgan fingerprint density at radius 2 is 1.88 bits per heavy atom. The molecule has 0 atom stereocenters. The lowest BCUT2D eigenvalue weighted by Gasteiger charge is -2.17. The third-order valence-corrected chi connectivity index (χ3v) is 2.31. The van der Waals surface area contributed by atoms with Crippen LogP contribution in [0, 0.1) is 5.82 Å². The Kier molecular flexibility index (Phi) is 3.09. The van der Waals surface area contributed by atoms with Crippen LogP contribution in [0.4, 0.5) is 16.0 Å². The summed E-state index contributed by atoms with van der Waals surface area (Å²) in [5, 5.41) is 0. The molecule has 0 aliphatic rings. The van der Waals surface area contributed by atoms with Crippen molar-refractivity contribution in [2.24, 2.45) is 0 Å². The van der Waals surface area contributed by atoms with E-state index in [1.807, 2.05) is 0 Å². The molecule has 0 unspecified atom stereocenters. The van der Waals surface area contributed by atoms with E-state index in [0.29, 0.717) is 23.5 Å². The SMILES string of the molecule is CN(c1ncc(C=O)cn1)c1ccccc1F. The Morgan fingerprint density at radius 1 is 1.24 bits per heavy atom. The highest BCUT2D eigenvalue weighted by atomic mass is 19.1. The van der Waals surface area contributed by atoms with E-state index in [1.165, 1.54) is 23.4 Å². The van der Waals surface area contributed by atoms with E-state index in [0.717, 1.165) is 0 Å². The number of para-hydroxylation sites is 1. The number of carbonyl (C=O) groups is 1. The van der Waals surface area contributed by atoms with Gasteiger partial charge in [-0.1, -0.05) is 12.1 Å². The van der Waals surface area contributed by atoms with Crippen molar-refractivity contribution in [2.75, 3.05) is 11.9 Å². The van der Waals surface area contributed by atoms with Crippen LogP contribution in [-0.4, -0.2) is 23.3 Å². The molecule has 0 saturated heterocycles. The fourth-order valence-electron chi connectivity index (χ4n) is 1.40. The van der Waals surface area contributed by atoms with Gasteiger partial charge in [-0.2, -0.15) is 0 Å². The molecule has 0 N–H and O–H groups in total. The summed E-state index contributed by atoms with van der Waals surface area (Å²) >= 11 is 0. The summed E-state index contributed by atoms with van der Waals surface area (Å²) in [5.74, 6) is -0.0150. The van der Waals surface area contributed by atoms with Gasteiger partial charge in [-0.15, -0.1) is 0 Å². The van der Waals surface area contributed by atoms with Crippen molar-refractivity contribution in [3.05, 3.63) is 48.0 Å². The molecular formula is C12H10FN3O. The molecular weight excluding hydrogens is 221 g/mol. The molecule has 4 nitrogen and oxygen atoms in total. The van der Waals surface area contributed by atoms with E-state index in [4.69, 9.17) is 0 Å². The Balaban J connectivity index is 2.33. The number of halogens is 1. The smallest absolute Gasteiger partial charge is 0.229 e. The van der Waals surface area contributed by atoms with Crippen molar-refractivity contribution >= 4 is 17.9 Å². The summed E-state index contributed by atoms with van der Waals surface area (Å²) in [6.07, 6.45) is 3.45. The molecule has 0 aliphatic carbocycles. The number of aldehydes is 1. The molecule has 86 valence electrons. The summed E-state index contributed by atoms with van der Waals surface area (Å²) in [6, 6.07) is 6.34. The monoisotopic (exact) mass is 231 g/mol. The van der Waals surface area contributed by atoms with Crippen molar-refractivity contribution in [1.29, 1.82) is 0 Å². The van der Waals surface area contributed by atoms with Crippen LogP contribution in [0.3, 0.4) is 0 Å². The van der Waals surface area contributed by atoms with Gasteiger partial charge >= 0.3 is 0 Å². The number of aromatic nitrogens is 2. The van der Waals surface area contributed by atoms with Gasteiger partial charge in [0, 0.05) is 19.4 Å². The van der Waals surface area contributed by atoms with Crippen LogP contribution in [-0.2, 0) is 0 Å². The van der Waals surface area contributed by atoms with Crippen molar-refractivity contribution in [2.45, 2.75) is 0 Å². The predicted octanol–water partition coefficient (Wildman–Crippen LogP) is 2.20. The number of nitrogens with zero attached hydrogens (tertiary/aromatic N) is 3. The fourth-order valence-corrected chi connectivity index (χ4v) is 1.40. The van der Waals surface area contributed by atoms with Crippen LogP contribution in [0.1, 0.15) is 10.4 Å². The minimum absolute atomic E-state index is 0.334. The van der Waals surface area contributed by atoms with Gasteiger partial charge in [0.25, 0.3) is 0 Å². The van der Waals surface area contributed by atoms with Gasteiger partial charge in [-0.05, 0) is 12.1 Å². The molecule has 0 amide bonds. The second-order valence-corrected chi connectivity index (χ2v) is 3.44. The molecule has 1 heterocycles. The van der Waals surface area contributed by atoms with Gasteiger partial charge in [0.05, 0.1) is 11.3 Å². The van der Waals surface area contributed by atoms with E-state index >= 15 is 0 Å². The highest BCUT2D eigenvalue weighted by molar-refractivity contribution is 5.73. The molecule has 1 aromatic carbocycles. The zero-order valence-corrected chi connectivity index (χ0v) is 9.17. The van der Waals surface area contributed by atoms with Gasteiger partial charge < -0.3 is 4.90 Å². The molecule has 0 fully saturated rings. The molecule has 2 aromatic rings. The minimum atomic E-state index is -0.349. The van der Waals surface area contributed by atoms with Gasteiger partial charge in [0.1, 0.15) is 5.82 Å². The topological polar surface area (TPSA) is 46.1 Å². The molecule has 2 rings (SSSR count). The lowest BCUT2D eigenvalue weighted by atomic mass is 10.3. The van der Waals surface area contributed by atoms with Gasteiger partial charge in [0.2, 0.25) is 5.95 Å². The van der Waals surface area contributed by atoms with Crippen molar-refractivity contribution in [1.82, 2.24) is 9.97 Å². The predicted molar refractivity (Wildman–Crippen MR) is 61.9 cm³/mol. The second kappa shape index (κ2) is 4.69. The summed E-state index contributed by atoms with van der Waals surface area (Å²) in [7, 11) is 1.66. The molecule has 0 aliphatic heterocycles. The first-order valence-electron chi connectivity index (χ1n) is 4.98.